The van der Waals surface area contributed by atoms with Crippen LogP contribution >= 0.6 is 0 Å². The van der Waals surface area contributed by atoms with Crippen molar-refractivity contribution < 1.29 is 32.2 Å². The van der Waals surface area contributed by atoms with Crippen molar-refractivity contribution in [2.24, 2.45) is 0 Å². The van der Waals surface area contributed by atoms with Crippen molar-refractivity contribution >= 4 is 11.9 Å². The fourth-order valence-electron chi connectivity index (χ4n) is 2.23. The third-order valence-electron chi connectivity index (χ3n) is 3.64. The Balaban J connectivity index is 1.76. The molecule has 1 amide bonds. The van der Waals surface area contributed by atoms with Gasteiger partial charge in [0.15, 0.2) is 6.61 Å². The van der Waals surface area contributed by atoms with Gasteiger partial charge in [0.05, 0.1) is 18.2 Å². The second-order valence-electron chi connectivity index (χ2n) is 5.60. The van der Waals surface area contributed by atoms with Crippen LogP contribution in [0.15, 0.2) is 48.5 Å². The lowest BCUT2D eigenvalue weighted by molar-refractivity contribution is -0.137. The lowest BCUT2D eigenvalue weighted by Crippen LogP contribution is -2.30. The molecule has 0 radical (unpaired) electrons. The van der Waals surface area contributed by atoms with Gasteiger partial charge in [-0.25, -0.2) is 4.79 Å². The van der Waals surface area contributed by atoms with Gasteiger partial charge in [-0.1, -0.05) is 18.2 Å². The molecule has 0 saturated heterocycles. The number of methoxy groups -OCH3 is 1. The highest BCUT2D eigenvalue weighted by Gasteiger charge is 2.30. The Hall–Kier alpha value is -3.03. The van der Waals surface area contributed by atoms with E-state index in [4.69, 9.17) is 4.74 Å². The van der Waals surface area contributed by atoms with E-state index in [0.29, 0.717) is 18.5 Å². The summed E-state index contributed by atoms with van der Waals surface area (Å²) in [6, 6.07) is 11.1. The monoisotopic (exact) mass is 381 g/mol. The van der Waals surface area contributed by atoms with E-state index >= 15 is 0 Å². The first-order chi connectivity index (χ1) is 12.8. The topological polar surface area (TPSA) is 64.6 Å². The van der Waals surface area contributed by atoms with Crippen LogP contribution in [0.5, 0.6) is 5.75 Å². The average molecular weight is 381 g/mol. The molecule has 0 aliphatic carbocycles. The second-order valence-corrected chi connectivity index (χ2v) is 5.60. The molecule has 0 spiro atoms. The molecule has 0 atom stereocenters. The summed E-state index contributed by atoms with van der Waals surface area (Å²) in [4.78, 5) is 23.1. The van der Waals surface area contributed by atoms with E-state index in [1.165, 1.54) is 19.2 Å². The normalized spacial score (nSPS) is 11.0. The van der Waals surface area contributed by atoms with Crippen molar-refractivity contribution in [3.8, 4) is 5.75 Å². The van der Waals surface area contributed by atoms with Crippen molar-refractivity contribution in [3.05, 3.63) is 65.2 Å². The van der Waals surface area contributed by atoms with Crippen molar-refractivity contribution in [2.75, 3.05) is 20.3 Å². The Morgan fingerprint density at radius 3 is 2.41 bits per heavy atom. The smallest absolute Gasteiger partial charge is 0.416 e. The van der Waals surface area contributed by atoms with Crippen molar-refractivity contribution in [3.63, 3.8) is 0 Å². The maximum absolute atomic E-state index is 12.6. The summed E-state index contributed by atoms with van der Waals surface area (Å²) >= 11 is 0. The van der Waals surface area contributed by atoms with Gasteiger partial charge in [-0.05, 0) is 42.3 Å². The Bertz CT molecular complexity index is 788. The molecule has 0 bridgehead atoms. The number of halogens is 3. The SMILES string of the molecule is COC(=O)c1ccc(CCNC(=O)COc2cccc(C(F)(F)F)c2)cc1. The summed E-state index contributed by atoms with van der Waals surface area (Å²) in [5.41, 5.74) is 0.498. The van der Waals surface area contributed by atoms with Gasteiger partial charge in [0.25, 0.3) is 5.91 Å². The molecule has 2 aromatic carbocycles. The summed E-state index contributed by atoms with van der Waals surface area (Å²) < 4.78 is 47.6. The van der Waals surface area contributed by atoms with Gasteiger partial charge in [0, 0.05) is 6.54 Å². The first-order valence-corrected chi connectivity index (χ1v) is 8.03. The summed E-state index contributed by atoms with van der Waals surface area (Å²) in [5.74, 6) is -0.904. The molecule has 5 nitrogen and oxygen atoms in total. The molecule has 27 heavy (non-hydrogen) atoms. The number of hydrogen-bond acceptors (Lipinski definition) is 4. The first kappa shape index (κ1) is 20.3. The molecular weight excluding hydrogens is 363 g/mol. The van der Waals surface area contributed by atoms with E-state index in [2.05, 4.69) is 10.1 Å². The summed E-state index contributed by atoms with van der Waals surface area (Å²) in [6.07, 6.45) is -3.94. The summed E-state index contributed by atoms with van der Waals surface area (Å²) in [7, 11) is 1.30. The minimum absolute atomic E-state index is 0.0293. The molecular formula is C19H18F3NO4. The number of benzene rings is 2. The van der Waals surface area contributed by atoms with Crippen LogP contribution in [0.1, 0.15) is 21.5 Å². The molecule has 0 aliphatic heterocycles. The van der Waals surface area contributed by atoms with Crippen LogP contribution in [0.4, 0.5) is 13.2 Å². The minimum Gasteiger partial charge on any atom is -0.484 e. The fourth-order valence-corrected chi connectivity index (χ4v) is 2.23. The number of amides is 1. The zero-order valence-electron chi connectivity index (χ0n) is 14.5. The largest absolute Gasteiger partial charge is 0.484 e. The van der Waals surface area contributed by atoms with Crippen LogP contribution in [0.2, 0.25) is 0 Å². The Morgan fingerprint density at radius 2 is 1.78 bits per heavy atom. The Labute approximate surface area is 154 Å². The minimum atomic E-state index is -4.47. The number of esters is 1. The molecule has 0 heterocycles. The Kier molecular flexibility index (Phi) is 6.81. The van der Waals surface area contributed by atoms with Gasteiger partial charge in [-0.2, -0.15) is 13.2 Å². The number of alkyl halides is 3. The zero-order valence-corrected chi connectivity index (χ0v) is 14.5. The molecule has 0 aromatic heterocycles. The number of carbonyl (C=O) groups is 2. The highest BCUT2D eigenvalue weighted by Crippen LogP contribution is 2.31. The van der Waals surface area contributed by atoms with E-state index in [0.717, 1.165) is 17.7 Å². The zero-order chi connectivity index (χ0) is 19.9. The van der Waals surface area contributed by atoms with E-state index in [-0.39, 0.29) is 12.4 Å². The van der Waals surface area contributed by atoms with E-state index < -0.39 is 23.6 Å². The van der Waals surface area contributed by atoms with Gasteiger partial charge in [-0.3, -0.25) is 4.79 Å². The van der Waals surface area contributed by atoms with Crippen LogP contribution in [-0.2, 0) is 22.1 Å². The van der Waals surface area contributed by atoms with Crippen molar-refractivity contribution in [1.82, 2.24) is 5.32 Å². The fraction of sp³-hybridized carbons (Fsp3) is 0.263. The predicted molar refractivity (Wildman–Crippen MR) is 91.4 cm³/mol. The maximum atomic E-state index is 12.6. The number of rotatable bonds is 7. The van der Waals surface area contributed by atoms with Crippen LogP contribution in [0.3, 0.4) is 0 Å². The average Bonchev–Trinajstić information content (AvgIpc) is 2.66. The van der Waals surface area contributed by atoms with Crippen LogP contribution < -0.4 is 10.1 Å². The maximum Gasteiger partial charge on any atom is 0.416 e. The second kappa shape index (κ2) is 9.07. The van der Waals surface area contributed by atoms with Gasteiger partial charge < -0.3 is 14.8 Å². The molecule has 8 heteroatoms. The van der Waals surface area contributed by atoms with Crippen molar-refractivity contribution in [2.45, 2.75) is 12.6 Å². The number of ether oxygens (including phenoxy) is 2. The third-order valence-corrected chi connectivity index (χ3v) is 3.64. The van der Waals surface area contributed by atoms with Crippen molar-refractivity contribution in [1.29, 1.82) is 0 Å². The molecule has 0 saturated carbocycles. The predicted octanol–water partition coefficient (Wildman–Crippen LogP) is 3.23. The number of hydrogen-bond donors (Lipinski definition) is 1. The first-order valence-electron chi connectivity index (χ1n) is 8.03. The van der Waals surface area contributed by atoms with E-state index in [1.54, 1.807) is 24.3 Å². The number of carbonyl (C=O) groups excluding carboxylic acids is 2. The van der Waals surface area contributed by atoms with Gasteiger partial charge in [0.2, 0.25) is 0 Å². The van der Waals surface area contributed by atoms with E-state index in [9.17, 15) is 22.8 Å². The van der Waals surface area contributed by atoms with Crippen LogP contribution in [0.25, 0.3) is 0 Å². The van der Waals surface area contributed by atoms with Gasteiger partial charge in [0.1, 0.15) is 5.75 Å². The Morgan fingerprint density at radius 1 is 1.07 bits per heavy atom. The molecule has 2 aromatic rings. The number of nitrogens with one attached hydrogen (secondary N) is 1. The molecule has 2 rings (SSSR count). The molecule has 0 aliphatic rings. The molecule has 0 fully saturated rings. The molecule has 1 N–H and O–H groups in total. The lowest BCUT2D eigenvalue weighted by Gasteiger charge is -2.10. The van der Waals surface area contributed by atoms with Gasteiger partial charge >= 0.3 is 12.1 Å². The summed E-state index contributed by atoms with van der Waals surface area (Å²) in [5, 5.41) is 2.62. The van der Waals surface area contributed by atoms with E-state index in [1.807, 2.05) is 0 Å². The summed E-state index contributed by atoms with van der Waals surface area (Å²) in [6.45, 7) is -0.0645. The van der Waals surface area contributed by atoms with Crippen LogP contribution in [0, 0.1) is 0 Å². The van der Waals surface area contributed by atoms with Crippen LogP contribution in [-0.4, -0.2) is 32.1 Å². The quantitative estimate of drug-likeness (QED) is 0.748. The van der Waals surface area contributed by atoms with Gasteiger partial charge in [-0.15, -0.1) is 0 Å². The molecule has 144 valence electrons. The highest BCUT2D eigenvalue weighted by atomic mass is 19.4. The lowest BCUT2D eigenvalue weighted by atomic mass is 10.1. The molecule has 0 unspecified atom stereocenters. The standard InChI is InChI=1S/C19H18F3NO4/c1-26-18(25)14-7-5-13(6-8-14)9-10-23-17(24)12-27-16-4-2-3-15(11-16)19(20,21)22/h2-8,11H,9-10,12H2,1H3,(H,23,24). The third kappa shape index (κ3) is 6.32. The highest BCUT2D eigenvalue weighted by molar-refractivity contribution is 5.89.